The third-order valence-electron chi connectivity index (χ3n) is 8.47. The summed E-state index contributed by atoms with van der Waals surface area (Å²) in [5.41, 5.74) is 3.15. The zero-order valence-corrected chi connectivity index (χ0v) is 18.4. The van der Waals surface area contributed by atoms with Crippen molar-refractivity contribution in [2.24, 2.45) is 5.41 Å². The maximum atomic E-state index is 13.3. The second-order valence-corrected chi connectivity index (χ2v) is 9.94. The molecule has 3 aliphatic carbocycles. The first-order valence-corrected chi connectivity index (χ1v) is 11.3. The fraction of sp³-hybridized carbons (Fsp3) is 0.385. The quantitative estimate of drug-likeness (QED) is 0.531. The van der Waals surface area contributed by atoms with Gasteiger partial charge >= 0.3 is 0 Å². The topological polar surface area (TPSA) is 91.4 Å². The van der Waals surface area contributed by atoms with E-state index in [-0.39, 0.29) is 23.4 Å². The van der Waals surface area contributed by atoms with E-state index in [1.54, 1.807) is 22.9 Å². The lowest BCUT2D eigenvalue weighted by Gasteiger charge is -2.43. The second-order valence-electron chi connectivity index (χ2n) is 9.94. The van der Waals surface area contributed by atoms with E-state index in [9.17, 15) is 19.7 Å². The molecule has 2 bridgehead atoms. The van der Waals surface area contributed by atoms with E-state index in [0.717, 1.165) is 28.7 Å². The van der Waals surface area contributed by atoms with Crippen LogP contribution in [0.4, 0.5) is 4.39 Å². The van der Waals surface area contributed by atoms with Gasteiger partial charge in [0.1, 0.15) is 17.3 Å². The second kappa shape index (κ2) is 6.74. The highest BCUT2D eigenvalue weighted by atomic mass is 19.1. The smallest absolute Gasteiger partial charge is 0.123 e. The Hall–Kier alpha value is -3.03. The molecule has 2 saturated carbocycles. The molecule has 1 heterocycles. The van der Waals surface area contributed by atoms with E-state index in [2.05, 4.69) is 16.9 Å². The van der Waals surface area contributed by atoms with Gasteiger partial charge in [-0.25, -0.2) is 4.39 Å². The molecular formula is C26H26FN3O3. The molecule has 7 heteroatoms. The van der Waals surface area contributed by atoms with Crippen molar-refractivity contribution in [1.82, 2.24) is 15.0 Å². The summed E-state index contributed by atoms with van der Waals surface area (Å²) in [5, 5.41) is 41.9. The Bertz CT molecular complexity index is 1290. The molecular weight excluding hydrogens is 421 g/mol. The summed E-state index contributed by atoms with van der Waals surface area (Å²) in [6.07, 6.45) is 2.72. The standard InChI is InChI=1S/C26H26FN3O3/c1-14-22(31)8-7-18-19-9-10-25(33)13-26(19,24(32)15(25)2)20(23(14)18)11-30-12-21(28-29-30)16-3-5-17(27)6-4-16/h3-8,12,19-20,24,31-33H,2,9-11,13H2,1H3/t19-,20-,24?,25-,26+/m0/s1. The monoisotopic (exact) mass is 447 g/mol. The molecule has 6 nitrogen and oxygen atoms in total. The number of nitrogens with zero attached hydrogens (tertiary/aromatic N) is 3. The molecule has 2 aromatic carbocycles. The van der Waals surface area contributed by atoms with Crippen molar-refractivity contribution >= 4 is 0 Å². The lowest BCUT2D eigenvalue weighted by Crippen LogP contribution is -2.42. The third kappa shape index (κ3) is 2.66. The van der Waals surface area contributed by atoms with Crippen LogP contribution >= 0.6 is 0 Å². The summed E-state index contributed by atoms with van der Waals surface area (Å²) < 4.78 is 15.1. The van der Waals surface area contributed by atoms with Crippen LogP contribution in [0.25, 0.3) is 11.3 Å². The van der Waals surface area contributed by atoms with Crippen molar-refractivity contribution in [2.45, 2.75) is 56.3 Å². The van der Waals surface area contributed by atoms with Gasteiger partial charge in [-0.1, -0.05) is 17.9 Å². The number of aliphatic hydroxyl groups excluding tert-OH is 1. The van der Waals surface area contributed by atoms with E-state index < -0.39 is 17.1 Å². The zero-order valence-electron chi connectivity index (χ0n) is 18.4. The average Bonchev–Trinajstić information content (AvgIpc) is 3.41. The van der Waals surface area contributed by atoms with Gasteiger partial charge in [0.25, 0.3) is 0 Å². The van der Waals surface area contributed by atoms with Gasteiger partial charge in [-0.15, -0.1) is 5.10 Å². The Morgan fingerprint density at radius 3 is 2.73 bits per heavy atom. The minimum atomic E-state index is -1.08. The highest BCUT2D eigenvalue weighted by molar-refractivity contribution is 5.58. The van der Waals surface area contributed by atoms with Gasteiger partial charge < -0.3 is 15.3 Å². The average molecular weight is 448 g/mol. The zero-order chi connectivity index (χ0) is 23.1. The molecule has 3 aliphatic rings. The van der Waals surface area contributed by atoms with E-state index >= 15 is 0 Å². The van der Waals surface area contributed by atoms with E-state index in [1.807, 2.05) is 19.2 Å². The van der Waals surface area contributed by atoms with E-state index in [0.29, 0.717) is 30.7 Å². The number of hydrogen-bond acceptors (Lipinski definition) is 5. The van der Waals surface area contributed by atoms with Crippen LogP contribution in [0.2, 0.25) is 0 Å². The molecule has 3 N–H and O–H groups in total. The van der Waals surface area contributed by atoms with Crippen LogP contribution in [-0.4, -0.2) is 42.0 Å². The highest BCUT2D eigenvalue weighted by Crippen LogP contribution is 2.71. The number of hydrogen-bond donors (Lipinski definition) is 3. The van der Waals surface area contributed by atoms with Crippen LogP contribution in [0.15, 0.2) is 54.7 Å². The van der Waals surface area contributed by atoms with E-state index in [4.69, 9.17) is 0 Å². The summed E-state index contributed by atoms with van der Waals surface area (Å²) in [6.45, 7) is 6.42. The lowest BCUT2D eigenvalue weighted by molar-refractivity contribution is -0.0230. The Kier molecular flexibility index (Phi) is 4.20. The molecule has 0 amide bonds. The number of benzene rings is 2. The van der Waals surface area contributed by atoms with Crippen LogP contribution in [0.5, 0.6) is 5.75 Å². The summed E-state index contributed by atoms with van der Waals surface area (Å²) in [5.74, 6) is -0.213. The molecule has 0 aliphatic heterocycles. The number of rotatable bonds is 3. The van der Waals surface area contributed by atoms with Crippen molar-refractivity contribution < 1.29 is 19.7 Å². The first-order valence-electron chi connectivity index (χ1n) is 11.3. The van der Waals surface area contributed by atoms with Gasteiger partial charge in [0, 0.05) is 16.9 Å². The fourth-order valence-electron chi connectivity index (χ4n) is 6.87. The first kappa shape index (κ1) is 20.6. The molecule has 33 heavy (non-hydrogen) atoms. The lowest BCUT2D eigenvalue weighted by atomic mass is 9.62. The molecule has 3 aromatic rings. The molecule has 1 aromatic heterocycles. The molecule has 0 saturated heterocycles. The molecule has 5 atom stereocenters. The summed E-state index contributed by atoms with van der Waals surface area (Å²) >= 11 is 0. The van der Waals surface area contributed by atoms with E-state index in [1.165, 1.54) is 12.1 Å². The predicted octanol–water partition coefficient (Wildman–Crippen LogP) is 3.81. The van der Waals surface area contributed by atoms with Crippen LogP contribution in [0.1, 0.15) is 47.8 Å². The van der Waals surface area contributed by atoms with Crippen LogP contribution < -0.4 is 0 Å². The van der Waals surface area contributed by atoms with Gasteiger partial charge in [-0.2, -0.15) is 0 Å². The van der Waals surface area contributed by atoms with Crippen LogP contribution in [0, 0.1) is 18.2 Å². The van der Waals surface area contributed by atoms with Gasteiger partial charge in [0.05, 0.1) is 24.4 Å². The normalized spacial score (nSPS) is 32.1. The molecule has 170 valence electrons. The molecule has 2 fully saturated rings. The Balaban J connectivity index is 1.46. The van der Waals surface area contributed by atoms with Crippen molar-refractivity contribution in [3.8, 4) is 17.0 Å². The number of phenolic OH excluding ortho intramolecular Hbond substituents is 1. The number of halogens is 1. The molecule has 1 spiro atoms. The largest absolute Gasteiger partial charge is 0.508 e. The fourth-order valence-corrected chi connectivity index (χ4v) is 6.87. The maximum absolute atomic E-state index is 13.3. The van der Waals surface area contributed by atoms with Crippen molar-refractivity contribution in [2.75, 3.05) is 0 Å². The summed E-state index contributed by atoms with van der Waals surface area (Å²) in [4.78, 5) is 0. The molecule has 0 radical (unpaired) electrons. The third-order valence-corrected chi connectivity index (χ3v) is 8.47. The summed E-state index contributed by atoms with van der Waals surface area (Å²) in [6, 6.07) is 9.80. The first-order chi connectivity index (χ1) is 15.7. The minimum absolute atomic E-state index is 0.0615. The van der Waals surface area contributed by atoms with Gasteiger partial charge in [0.15, 0.2) is 0 Å². The van der Waals surface area contributed by atoms with Crippen molar-refractivity contribution in [1.29, 1.82) is 0 Å². The minimum Gasteiger partial charge on any atom is -0.508 e. The number of aromatic hydroxyl groups is 1. The van der Waals surface area contributed by atoms with Gasteiger partial charge in [-0.3, -0.25) is 4.68 Å². The highest BCUT2D eigenvalue weighted by Gasteiger charge is 2.69. The van der Waals surface area contributed by atoms with Crippen LogP contribution in [-0.2, 0) is 6.54 Å². The van der Waals surface area contributed by atoms with Crippen LogP contribution in [0.3, 0.4) is 0 Å². The molecule has 1 unspecified atom stereocenters. The number of phenols is 1. The molecule has 6 rings (SSSR count). The predicted molar refractivity (Wildman–Crippen MR) is 120 cm³/mol. The SMILES string of the molecule is C=C1C(O)[C@]23C[C@@]1(O)CC[C@H]2c1ccc(O)c(C)c1[C@@H]3Cn1cc(-c2ccc(F)cc2)nn1. The van der Waals surface area contributed by atoms with Gasteiger partial charge in [0.2, 0.25) is 0 Å². The van der Waals surface area contributed by atoms with Crippen molar-refractivity contribution in [3.63, 3.8) is 0 Å². The Labute approximate surface area is 191 Å². The Morgan fingerprint density at radius 2 is 1.97 bits per heavy atom. The number of aliphatic hydroxyl groups is 2. The summed E-state index contributed by atoms with van der Waals surface area (Å²) in [7, 11) is 0. The number of fused-ring (bicyclic) bond motifs is 3. The van der Waals surface area contributed by atoms with Crippen molar-refractivity contribution in [3.05, 3.63) is 77.3 Å². The van der Waals surface area contributed by atoms with Gasteiger partial charge in [-0.05, 0) is 84.7 Å². The Morgan fingerprint density at radius 1 is 1.21 bits per heavy atom. The maximum Gasteiger partial charge on any atom is 0.123 e. The number of aromatic nitrogens is 3.